The Labute approximate surface area is 117 Å². The quantitative estimate of drug-likeness (QED) is 0.785. The number of rotatable bonds is 3. The summed E-state index contributed by atoms with van der Waals surface area (Å²) in [5.41, 5.74) is 0.230. The van der Waals surface area contributed by atoms with Crippen molar-refractivity contribution in [1.29, 1.82) is 0 Å². The second-order valence-electron chi connectivity index (χ2n) is 5.43. The van der Waals surface area contributed by atoms with Crippen molar-refractivity contribution >= 4 is 17.6 Å². The van der Waals surface area contributed by atoms with Gasteiger partial charge in [0.15, 0.2) is 0 Å². The first-order valence-electron chi connectivity index (χ1n) is 6.33. The van der Waals surface area contributed by atoms with Crippen molar-refractivity contribution in [3.8, 4) is 5.75 Å². The summed E-state index contributed by atoms with van der Waals surface area (Å²) in [5, 5.41) is 0. The van der Waals surface area contributed by atoms with Gasteiger partial charge in [-0.15, -0.1) is 0 Å². The predicted octanol–water partition coefficient (Wildman–Crippen LogP) is 1.54. The Bertz CT molecular complexity index is 604. The summed E-state index contributed by atoms with van der Waals surface area (Å²) < 4.78 is 5.12. The van der Waals surface area contributed by atoms with Crippen molar-refractivity contribution in [2.45, 2.75) is 26.2 Å². The van der Waals surface area contributed by atoms with Gasteiger partial charge in [0, 0.05) is 5.56 Å². The van der Waals surface area contributed by atoms with Crippen LogP contribution >= 0.6 is 0 Å². The van der Waals surface area contributed by atoms with Crippen LogP contribution in [0.15, 0.2) is 18.2 Å². The second-order valence-corrected chi connectivity index (χ2v) is 5.43. The zero-order valence-electron chi connectivity index (χ0n) is 12.0. The number of fused-ring (bicyclic) bond motifs is 1. The summed E-state index contributed by atoms with van der Waals surface area (Å²) in [5.74, 6) is -0.479. The predicted molar refractivity (Wildman–Crippen MR) is 72.7 cm³/mol. The minimum atomic E-state index is -0.842. The first-order valence-corrected chi connectivity index (χ1v) is 6.33. The first kappa shape index (κ1) is 14.2. The lowest BCUT2D eigenvalue weighted by Gasteiger charge is -2.37. The van der Waals surface area contributed by atoms with E-state index in [0.717, 1.165) is 4.90 Å². The van der Waals surface area contributed by atoms with Gasteiger partial charge in [0.25, 0.3) is 5.91 Å². The van der Waals surface area contributed by atoms with E-state index in [2.05, 4.69) is 0 Å². The zero-order valence-corrected chi connectivity index (χ0v) is 12.0. The number of nitrogens with zero attached hydrogens (tertiary/aromatic N) is 1. The van der Waals surface area contributed by atoms with Gasteiger partial charge in [-0.3, -0.25) is 19.3 Å². The lowest BCUT2D eigenvalue weighted by atomic mass is 9.77. The molecule has 0 N–H and O–H groups in total. The van der Waals surface area contributed by atoms with Gasteiger partial charge in [-0.1, -0.05) is 6.07 Å². The molecule has 106 valence electrons. The Morgan fingerprint density at radius 1 is 1.30 bits per heavy atom. The summed E-state index contributed by atoms with van der Waals surface area (Å²) in [7, 11) is 1.51. The molecule has 5 heteroatoms. The fourth-order valence-corrected chi connectivity index (χ4v) is 2.43. The molecule has 1 heterocycles. The van der Waals surface area contributed by atoms with Gasteiger partial charge in [0.2, 0.25) is 5.91 Å². The molecule has 2 rings (SSSR count). The summed E-state index contributed by atoms with van der Waals surface area (Å²) in [6.07, 6.45) is 0. The van der Waals surface area contributed by atoms with Crippen LogP contribution < -0.4 is 4.74 Å². The summed E-state index contributed by atoms with van der Waals surface area (Å²) in [6.45, 7) is 4.66. The van der Waals surface area contributed by atoms with E-state index in [1.165, 1.54) is 14.0 Å². The maximum absolute atomic E-state index is 12.4. The van der Waals surface area contributed by atoms with Crippen LogP contribution in [0.5, 0.6) is 5.75 Å². The first-order chi connectivity index (χ1) is 9.28. The van der Waals surface area contributed by atoms with Gasteiger partial charge in [0.05, 0.1) is 19.1 Å². The summed E-state index contributed by atoms with van der Waals surface area (Å²) >= 11 is 0. The Hall–Kier alpha value is -2.17. The normalized spacial score (nSPS) is 16.9. The van der Waals surface area contributed by atoms with E-state index in [1.54, 1.807) is 32.0 Å². The highest BCUT2D eigenvalue weighted by atomic mass is 16.5. The molecule has 1 aromatic rings. The number of carbonyl (C=O) groups is 3. The van der Waals surface area contributed by atoms with E-state index in [9.17, 15) is 14.4 Å². The molecule has 1 aliphatic rings. The van der Waals surface area contributed by atoms with Crippen molar-refractivity contribution in [1.82, 2.24) is 4.90 Å². The molecule has 5 nitrogen and oxygen atoms in total. The highest BCUT2D eigenvalue weighted by Gasteiger charge is 2.44. The van der Waals surface area contributed by atoms with Crippen molar-refractivity contribution in [2.24, 2.45) is 0 Å². The van der Waals surface area contributed by atoms with Crippen molar-refractivity contribution in [2.75, 3.05) is 13.7 Å². The summed E-state index contributed by atoms with van der Waals surface area (Å²) in [6, 6.07) is 5.07. The van der Waals surface area contributed by atoms with Crippen LogP contribution in [-0.4, -0.2) is 36.2 Å². The van der Waals surface area contributed by atoms with Crippen LogP contribution in [0.1, 0.15) is 36.7 Å². The third kappa shape index (κ3) is 2.09. The van der Waals surface area contributed by atoms with Crippen LogP contribution in [0.25, 0.3) is 0 Å². The average molecular weight is 275 g/mol. The highest BCUT2D eigenvalue weighted by molar-refractivity contribution is 6.14. The third-order valence-corrected chi connectivity index (χ3v) is 3.54. The smallest absolute Gasteiger partial charge is 0.261 e. The van der Waals surface area contributed by atoms with Crippen molar-refractivity contribution < 1.29 is 19.1 Å². The Morgan fingerprint density at radius 3 is 2.50 bits per heavy atom. The number of ketones is 1. The Morgan fingerprint density at radius 2 is 1.95 bits per heavy atom. The molecule has 2 amide bonds. The standard InChI is InChI=1S/C15H17NO4/c1-9(17)8-16-13(18)11-7-10(20-4)5-6-12(11)15(2,3)14(16)19/h5-7H,8H2,1-4H3. The maximum Gasteiger partial charge on any atom is 0.261 e. The maximum atomic E-state index is 12.4. The molecule has 1 aromatic carbocycles. The minimum absolute atomic E-state index is 0.197. The van der Waals surface area contributed by atoms with E-state index in [4.69, 9.17) is 4.74 Å². The van der Waals surface area contributed by atoms with Crippen molar-refractivity contribution in [3.63, 3.8) is 0 Å². The van der Waals surface area contributed by atoms with E-state index in [1.807, 2.05) is 0 Å². The van der Waals surface area contributed by atoms with Gasteiger partial charge in [0.1, 0.15) is 11.5 Å². The zero-order chi connectivity index (χ0) is 15.1. The molecule has 0 saturated carbocycles. The molecular formula is C15H17NO4. The third-order valence-electron chi connectivity index (χ3n) is 3.54. The van der Waals surface area contributed by atoms with Gasteiger partial charge in [-0.05, 0) is 38.5 Å². The lowest BCUT2D eigenvalue weighted by molar-refractivity contribution is -0.137. The number of benzene rings is 1. The molecule has 0 radical (unpaired) electrons. The number of hydrogen-bond donors (Lipinski definition) is 0. The van der Waals surface area contributed by atoms with Crippen LogP contribution in [-0.2, 0) is 15.0 Å². The van der Waals surface area contributed by atoms with Gasteiger partial charge < -0.3 is 4.74 Å². The number of amides is 2. The average Bonchev–Trinajstić information content (AvgIpc) is 2.41. The number of imide groups is 1. The van der Waals surface area contributed by atoms with E-state index in [0.29, 0.717) is 16.9 Å². The summed E-state index contributed by atoms with van der Waals surface area (Å²) in [4.78, 5) is 37.1. The van der Waals surface area contributed by atoms with Gasteiger partial charge >= 0.3 is 0 Å². The minimum Gasteiger partial charge on any atom is -0.497 e. The fraction of sp³-hybridized carbons (Fsp3) is 0.400. The molecule has 0 aromatic heterocycles. The number of carbonyl (C=O) groups excluding carboxylic acids is 3. The topological polar surface area (TPSA) is 63.7 Å². The Kier molecular flexibility index (Phi) is 3.38. The van der Waals surface area contributed by atoms with Gasteiger partial charge in [-0.25, -0.2) is 0 Å². The molecule has 1 aliphatic heterocycles. The number of Topliss-reactive ketones (excluding diaryl/α,β-unsaturated/α-hetero) is 1. The van der Waals surface area contributed by atoms with Gasteiger partial charge in [-0.2, -0.15) is 0 Å². The number of ether oxygens (including phenoxy) is 1. The van der Waals surface area contributed by atoms with Crippen LogP contribution in [0.4, 0.5) is 0 Å². The van der Waals surface area contributed by atoms with Crippen LogP contribution in [0, 0.1) is 0 Å². The lowest BCUT2D eigenvalue weighted by Crippen LogP contribution is -2.53. The SMILES string of the molecule is COc1ccc2c(c1)C(=O)N(CC(C)=O)C(=O)C2(C)C. The van der Waals surface area contributed by atoms with E-state index in [-0.39, 0.29) is 18.2 Å². The molecule has 0 saturated heterocycles. The largest absolute Gasteiger partial charge is 0.497 e. The number of hydrogen-bond acceptors (Lipinski definition) is 4. The molecular weight excluding hydrogens is 258 g/mol. The monoisotopic (exact) mass is 275 g/mol. The molecule has 0 spiro atoms. The Balaban J connectivity index is 2.59. The van der Waals surface area contributed by atoms with Crippen LogP contribution in [0.3, 0.4) is 0 Å². The van der Waals surface area contributed by atoms with Crippen LogP contribution in [0.2, 0.25) is 0 Å². The highest BCUT2D eigenvalue weighted by Crippen LogP contribution is 2.36. The molecule has 20 heavy (non-hydrogen) atoms. The molecule has 0 unspecified atom stereocenters. The molecule has 0 fully saturated rings. The fourth-order valence-electron chi connectivity index (χ4n) is 2.43. The van der Waals surface area contributed by atoms with E-state index >= 15 is 0 Å². The molecule has 0 bridgehead atoms. The molecule has 0 aliphatic carbocycles. The number of methoxy groups -OCH3 is 1. The second kappa shape index (κ2) is 4.74. The van der Waals surface area contributed by atoms with E-state index < -0.39 is 11.3 Å². The van der Waals surface area contributed by atoms with Crippen molar-refractivity contribution in [3.05, 3.63) is 29.3 Å². The molecule has 0 atom stereocenters.